The van der Waals surface area contributed by atoms with Crippen LogP contribution in [0.5, 0.6) is 5.75 Å². The first-order valence-corrected chi connectivity index (χ1v) is 6.89. The number of hydrogen-bond acceptors (Lipinski definition) is 3. The molecule has 1 aromatic carbocycles. The molecule has 2 unspecified atom stereocenters. The van der Waals surface area contributed by atoms with Crippen LogP contribution in [0.2, 0.25) is 0 Å². The number of methoxy groups -OCH3 is 1. The number of carbonyl (C=O) groups excluding carboxylic acids is 1. The topological polar surface area (TPSA) is 78.9 Å². The number of carboxylic acids is 1. The second kappa shape index (κ2) is 6.03. The number of nitrogens with one attached hydrogen (secondary N) is 1. The SMILES string of the molecule is COc1ccc(NC(=O)N2CCC(C)C2C(=O)O)cc1C. The van der Waals surface area contributed by atoms with Gasteiger partial charge >= 0.3 is 12.0 Å². The maximum atomic E-state index is 12.3. The molecule has 21 heavy (non-hydrogen) atoms. The lowest BCUT2D eigenvalue weighted by atomic mass is 10.0. The fraction of sp³-hybridized carbons (Fsp3) is 0.467. The summed E-state index contributed by atoms with van der Waals surface area (Å²) >= 11 is 0. The van der Waals surface area contributed by atoms with Gasteiger partial charge in [-0.2, -0.15) is 0 Å². The van der Waals surface area contributed by atoms with E-state index in [0.29, 0.717) is 18.7 Å². The second-order valence-electron chi connectivity index (χ2n) is 5.36. The lowest BCUT2D eigenvalue weighted by Crippen LogP contribution is -2.44. The van der Waals surface area contributed by atoms with Crippen LogP contribution in [0.25, 0.3) is 0 Å². The number of likely N-dealkylation sites (tertiary alicyclic amines) is 1. The number of anilines is 1. The minimum Gasteiger partial charge on any atom is -0.496 e. The molecule has 1 aliphatic heterocycles. The highest BCUT2D eigenvalue weighted by Gasteiger charge is 2.39. The second-order valence-corrected chi connectivity index (χ2v) is 5.36. The Hall–Kier alpha value is -2.24. The first-order valence-electron chi connectivity index (χ1n) is 6.89. The van der Waals surface area contributed by atoms with Crippen molar-refractivity contribution in [2.24, 2.45) is 5.92 Å². The number of rotatable bonds is 3. The van der Waals surface area contributed by atoms with E-state index in [1.165, 1.54) is 4.90 Å². The molecule has 0 aliphatic carbocycles. The third-order valence-corrected chi connectivity index (χ3v) is 3.86. The third-order valence-electron chi connectivity index (χ3n) is 3.86. The number of carboxylic acid groups (broad SMARTS) is 1. The number of ether oxygens (including phenoxy) is 1. The van der Waals surface area contributed by atoms with Crippen molar-refractivity contribution in [2.45, 2.75) is 26.3 Å². The van der Waals surface area contributed by atoms with Crippen LogP contribution in [0, 0.1) is 12.8 Å². The molecule has 2 atom stereocenters. The Morgan fingerprint density at radius 2 is 2.14 bits per heavy atom. The van der Waals surface area contributed by atoms with Gasteiger partial charge in [0.15, 0.2) is 0 Å². The zero-order valence-electron chi connectivity index (χ0n) is 12.4. The summed E-state index contributed by atoms with van der Waals surface area (Å²) in [4.78, 5) is 24.9. The summed E-state index contributed by atoms with van der Waals surface area (Å²) in [6, 6.07) is 4.16. The molecule has 2 rings (SSSR count). The summed E-state index contributed by atoms with van der Waals surface area (Å²) < 4.78 is 5.17. The fourth-order valence-electron chi connectivity index (χ4n) is 2.70. The molecule has 114 valence electrons. The molecule has 0 saturated carbocycles. The van der Waals surface area contributed by atoms with Crippen molar-refractivity contribution >= 4 is 17.7 Å². The first kappa shape index (κ1) is 15.2. The van der Waals surface area contributed by atoms with E-state index < -0.39 is 12.0 Å². The number of aryl methyl sites for hydroxylation is 1. The molecule has 0 bridgehead atoms. The van der Waals surface area contributed by atoms with E-state index in [-0.39, 0.29) is 11.9 Å². The van der Waals surface area contributed by atoms with Gasteiger partial charge in [-0.3, -0.25) is 0 Å². The van der Waals surface area contributed by atoms with Crippen LogP contribution in [-0.4, -0.2) is 41.7 Å². The van der Waals surface area contributed by atoms with Crippen molar-refractivity contribution < 1.29 is 19.4 Å². The van der Waals surface area contributed by atoms with Crippen LogP contribution in [0.1, 0.15) is 18.9 Å². The van der Waals surface area contributed by atoms with Gasteiger partial charge in [-0.25, -0.2) is 9.59 Å². The highest BCUT2D eigenvalue weighted by atomic mass is 16.5. The van der Waals surface area contributed by atoms with Gasteiger partial charge in [-0.15, -0.1) is 0 Å². The number of benzene rings is 1. The predicted molar refractivity (Wildman–Crippen MR) is 78.7 cm³/mol. The smallest absolute Gasteiger partial charge is 0.326 e. The number of urea groups is 1. The Kier molecular flexibility index (Phi) is 4.35. The molecule has 0 aromatic heterocycles. The average Bonchev–Trinajstić information content (AvgIpc) is 2.81. The van der Waals surface area contributed by atoms with E-state index >= 15 is 0 Å². The summed E-state index contributed by atoms with van der Waals surface area (Å²) in [6.07, 6.45) is 0.700. The molecule has 0 spiro atoms. The highest BCUT2D eigenvalue weighted by molar-refractivity contribution is 5.93. The Balaban J connectivity index is 2.11. The molecule has 2 amide bonds. The van der Waals surface area contributed by atoms with Crippen molar-refractivity contribution in [3.63, 3.8) is 0 Å². The lowest BCUT2D eigenvalue weighted by Gasteiger charge is -2.23. The Bertz CT molecular complexity index is 559. The minimum absolute atomic E-state index is 0.0362. The number of aliphatic carboxylic acids is 1. The van der Waals surface area contributed by atoms with Crippen molar-refractivity contribution in [3.8, 4) is 5.75 Å². The van der Waals surface area contributed by atoms with Crippen LogP contribution in [-0.2, 0) is 4.79 Å². The molecule has 6 heteroatoms. The molecule has 6 nitrogen and oxygen atoms in total. The summed E-state index contributed by atoms with van der Waals surface area (Å²) in [6.45, 7) is 4.19. The zero-order chi connectivity index (χ0) is 15.6. The Morgan fingerprint density at radius 1 is 1.43 bits per heavy atom. The maximum Gasteiger partial charge on any atom is 0.326 e. The molecule has 2 N–H and O–H groups in total. The monoisotopic (exact) mass is 292 g/mol. The standard InChI is InChI=1S/C15H20N2O4/c1-9-6-7-17(13(9)14(18)19)15(20)16-11-4-5-12(21-3)10(2)8-11/h4-5,8-9,13H,6-7H2,1-3H3,(H,16,20)(H,18,19). The normalized spacial score (nSPS) is 21.2. The van der Waals surface area contributed by atoms with E-state index in [4.69, 9.17) is 4.74 Å². The molecule has 1 fully saturated rings. The van der Waals surface area contributed by atoms with E-state index in [1.807, 2.05) is 13.8 Å². The van der Waals surface area contributed by atoms with E-state index in [1.54, 1.807) is 25.3 Å². The molecule has 1 aromatic rings. The first-order chi connectivity index (χ1) is 9.93. The molecule has 1 saturated heterocycles. The van der Waals surface area contributed by atoms with Gasteiger partial charge in [0, 0.05) is 12.2 Å². The van der Waals surface area contributed by atoms with Gasteiger partial charge in [0.05, 0.1) is 7.11 Å². The maximum absolute atomic E-state index is 12.3. The molecule has 1 aliphatic rings. The van der Waals surface area contributed by atoms with Gasteiger partial charge in [0.2, 0.25) is 0 Å². The summed E-state index contributed by atoms with van der Waals surface area (Å²) in [5.41, 5.74) is 1.53. The quantitative estimate of drug-likeness (QED) is 0.896. The number of carbonyl (C=O) groups is 2. The third kappa shape index (κ3) is 3.09. The fourth-order valence-corrected chi connectivity index (χ4v) is 2.70. The Labute approximate surface area is 123 Å². The van der Waals surface area contributed by atoms with E-state index in [2.05, 4.69) is 5.32 Å². The highest BCUT2D eigenvalue weighted by Crippen LogP contribution is 2.26. The Morgan fingerprint density at radius 3 is 2.71 bits per heavy atom. The lowest BCUT2D eigenvalue weighted by molar-refractivity contribution is -0.142. The van der Waals surface area contributed by atoms with Crippen LogP contribution in [0.4, 0.5) is 10.5 Å². The predicted octanol–water partition coefficient (Wildman–Crippen LogP) is 2.33. The van der Waals surface area contributed by atoms with E-state index in [0.717, 1.165) is 11.3 Å². The van der Waals surface area contributed by atoms with Crippen LogP contribution in [0.3, 0.4) is 0 Å². The summed E-state index contributed by atoms with van der Waals surface area (Å²) in [7, 11) is 1.59. The van der Waals surface area contributed by atoms with Crippen LogP contribution in [0.15, 0.2) is 18.2 Å². The number of amides is 2. The van der Waals surface area contributed by atoms with Gasteiger partial charge < -0.3 is 20.1 Å². The van der Waals surface area contributed by atoms with Crippen molar-refractivity contribution in [3.05, 3.63) is 23.8 Å². The van der Waals surface area contributed by atoms with Crippen molar-refractivity contribution in [1.82, 2.24) is 4.90 Å². The summed E-state index contributed by atoms with van der Waals surface area (Å²) in [5, 5.41) is 12.0. The van der Waals surface area contributed by atoms with Gasteiger partial charge in [0.1, 0.15) is 11.8 Å². The molecule has 0 radical (unpaired) electrons. The van der Waals surface area contributed by atoms with Gasteiger partial charge in [0.25, 0.3) is 0 Å². The average molecular weight is 292 g/mol. The zero-order valence-corrected chi connectivity index (χ0v) is 12.4. The summed E-state index contributed by atoms with van der Waals surface area (Å²) in [5.74, 6) is -0.252. The van der Waals surface area contributed by atoms with Crippen molar-refractivity contribution in [1.29, 1.82) is 0 Å². The van der Waals surface area contributed by atoms with Gasteiger partial charge in [-0.1, -0.05) is 6.92 Å². The largest absolute Gasteiger partial charge is 0.496 e. The van der Waals surface area contributed by atoms with E-state index in [9.17, 15) is 14.7 Å². The minimum atomic E-state index is -0.957. The molecule has 1 heterocycles. The number of hydrogen-bond donors (Lipinski definition) is 2. The number of nitrogens with zero attached hydrogens (tertiary/aromatic N) is 1. The molecular weight excluding hydrogens is 272 g/mol. The molecular formula is C15H20N2O4. The van der Waals surface area contributed by atoms with Crippen LogP contribution < -0.4 is 10.1 Å². The van der Waals surface area contributed by atoms with Crippen LogP contribution >= 0.6 is 0 Å². The van der Waals surface area contributed by atoms with Gasteiger partial charge in [-0.05, 0) is 43.0 Å². The van der Waals surface area contributed by atoms with Crippen molar-refractivity contribution in [2.75, 3.05) is 19.0 Å².